The number of aliphatic hydroxyl groups excluding tert-OH is 2. The summed E-state index contributed by atoms with van der Waals surface area (Å²) in [6.07, 6.45) is -2.64. The number of rotatable bonds is 6. The van der Waals surface area contributed by atoms with Crippen LogP contribution in [-0.4, -0.2) is 51.8 Å². The van der Waals surface area contributed by atoms with Gasteiger partial charge in [0, 0.05) is 0 Å². The predicted octanol–water partition coefficient (Wildman–Crippen LogP) is 1.89. The maximum absolute atomic E-state index is 12.0. The minimum absolute atomic E-state index is 0.141. The number of carbonyl (C=O) groups excluding carboxylic acids is 1. The van der Waals surface area contributed by atoms with Gasteiger partial charge in [-0.1, -0.05) is 44.2 Å². The molecule has 1 aliphatic rings. The van der Waals surface area contributed by atoms with Gasteiger partial charge in [0.25, 0.3) is 0 Å². The van der Waals surface area contributed by atoms with E-state index in [0.717, 1.165) is 11.3 Å². The molecule has 1 aromatic carbocycles. The summed E-state index contributed by atoms with van der Waals surface area (Å²) in [4.78, 5) is 12.0. The van der Waals surface area contributed by atoms with E-state index < -0.39 is 35.9 Å². The molecule has 5 unspecified atom stereocenters. The number of ether oxygens (including phenoxy) is 2. The van der Waals surface area contributed by atoms with Crippen LogP contribution in [0.5, 0.6) is 0 Å². The monoisotopic (exact) mass is 355 g/mol. The van der Waals surface area contributed by atoms with Gasteiger partial charge >= 0.3 is 6.09 Å². The van der Waals surface area contributed by atoms with Gasteiger partial charge in [0.1, 0.15) is 24.3 Å². The maximum Gasteiger partial charge on any atom is 0.407 e. The van der Waals surface area contributed by atoms with Crippen LogP contribution in [-0.2, 0) is 16.1 Å². The second-order valence-corrected chi connectivity index (χ2v) is 6.99. The molecule has 0 bridgehead atoms. The Hall–Kier alpha value is -1.28. The molecule has 5 atom stereocenters. The van der Waals surface area contributed by atoms with Crippen molar-refractivity contribution in [2.45, 2.75) is 56.7 Å². The molecule has 0 saturated carbocycles. The van der Waals surface area contributed by atoms with Crippen molar-refractivity contribution >= 4 is 17.9 Å². The summed E-state index contributed by atoms with van der Waals surface area (Å²) in [5.41, 5.74) is 0.446. The zero-order valence-electron chi connectivity index (χ0n) is 13.9. The maximum atomic E-state index is 12.0. The molecule has 0 spiro atoms. The van der Waals surface area contributed by atoms with E-state index in [4.69, 9.17) is 9.47 Å². The fourth-order valence-corrected chi connectivity index (χ4v) is 3.62. The van der Waals surface area contributed by atoms with Crippen molar-refractivity contribution in [2.75, 3.05) is 5.75 Å². The molecular weight excluding hydrogens is 330 g/mol. The van der Waals surface area contributed by atoms with E-state index in [1.54, 1.807) is 0 Å². The molecule has 0 aliphatic carbocycles. The predicted molar refractivity (Wildman–Crippen MR) is 92.6 cm³/mol. The topological polar surface area (TPSA) is 88.0 Å². The van der Waals surface area contributed by atoms with Gasteiger partial charge in [-0.25, -0.2) is 4.79 Å². The van der Waals surface area contributed by atoms with Gasteiger partial charge in [0.05, 0.1) is 12.1 Å². The second-order valence-electron chi connectivity index (χ2n) is 5.62. The normalized spacial score (nSPS) is 29.9. The van der Waals surface area contributed by atoms with Crippen LogP contribution >= 0.6 is 11.8 Å². The standard InChI is InChI=1S/C17H25NO5S/c1-3-12-14(19)15(20)13(16(23-12)24-4-2)18-17(21)22-10-11-8-6-5-7-9-11/h5-9,12-16,19-20H,3-4,10H2,1-2H3,(H,18,21). The summed E-state index contributed by atoms with van der Waals surface area (Å²) in [7, 11) is 0. The van der Waals surface area contributed by atoms with Gasteiger partial charge in [-0.05, 0) is 17.7 Å². The number of hydrogen-bond donors (Lipinski definition) is 3. The first kappa shape index (κ1) is 19.1. The zero-order valence-corrected chi connectivity index (χ0v) is 14.7. The number of thioether (sulfide) groups is 1. The summed E-state index contributed by atoms with van der Waals surface area (Å²) in [6.45, 7) is 4.00. The van der Waals surface area contributed by atoms with Gasteiger partial charge in [0.2, 0.25) is 0 Å². The van der Waals surface area contributed by atoms with Crippen LogP contribution in [0.1, 0.15) is 25.8 Å². The third-order valence-corrected chi connectivity index (χ3v) is 5.00. The fraction of sp³-hybridized carbons (Fsp3) is 0.588. The van der Waals surface area contributed by atoms with Crippen molar-refractivity contribution < 1.29 is 24.5 Å². The lowest BCUT2D eigenvalue weighted by molar-refractivity contribution is -0.159. The highest BCUT2D eigenvalue weighted by Crippen LogP contribution is 2.29. The molecule has 1 aromatic rings. The molecule has 134 valence electrons. The molecular formula is C17H25NO5S. The van der Waals surface area contributed by atoms with Crippen molar-refractivity contribution in [3.63, 3.8) is 0 Å². The Bertz CT molecular complexity index is 515. The summed E-state index contributed by atoms with van der Waals surface area (Å²) in [6, 6.07) is 8.61. The van der Waals surface area contributed by atoms with E-state index in [2.05, 4.69) is 5.32 Å². The molecule has 1 fully saturated rings. The number of carbonyl (C=O) groups is 1. The number of benzene rings is 1. The fourth-order valence-electron chi connectivity index (χ4n) is 2.63. The van der Waals surface area contributed by atoms with Gasteiger partial charge < -0.3 is 25.0 Å². The molecule has 24 heavy (non-hydrogen) atoms. The first-order chi connectivity index (χ1) is 11.6. The Morgan fingerprint density at radius 2 is 1.96 bits per heavy atom. The van der Waals surface area contributed by atoms with Crippen LogP contribution in [0, 0.1) is 0 Å². The lowest BCUT2D eigenvalue weighted by Crippen LogP contribution is -2.62. The SMILES string of the molecule is CCSC1OC(CC)C(O)C(O)C1NC(=O)OCc1ccccc1. The number of nitrogens with one attached hydrogen (secondary N) is 1. The van der Waals surface area contributed by atoms with Crippen molar-refractivity contribution in [3.05, 3.63) is 35.9 Å². The molecule has 1 saturated heterocycles. The first-order valence-electron chi connectivity index (χ1n) is 8.17. The highest BCUT2D eigenvalue weighted by atomic mass is 32.2. The summed E-state index contributed by atoms with van der Waals surface area (Å²) >= 11 is 1.48. The van der Waals surface area contributed by atoms with E-state index in [-0.39, 0.29) is 6.61 Å². The Morgan fingerprint density at radius 3 is 2.58 bits per heavy atom. The summed E-state index contributed by atoms with van der Waals surface area (Å²) in [5, 5.41) is 23.1. The molecule has 0 radical (unpaired) electrons. The minimum atomic E-state index is -1.10. The molecule has 1 aliphatic heterocycles. The summed E-state index contributed by atoms with van der Waals surface area (Å²) < 4.78 is 11.0. The Morgan fingerprint density at radius 1 is 1.25 bits per heavy atom. The molecule has 3 N–H and O–H groups in total. The molecule has 6 nitrogen and oxygen atoms in total. The average Bonchev–Trinajstić information content (AvgIpc) is 2.60. The van der Waals surface area contributed by atoms with Crippen LogP contribution in [0.4, 0.5) is 4.79 Å². The average molecular weight is 355 g/mol. The van der Waals surface area contributed by atoms with Crippen molar-refractivity contribution in [1.29, 1.82) is 0 Å². The quantitative estimate of drug-likeness (QED) is 0.722. The summed E-state index contributed by atoms with van der Waals surface area (Å²) in [5.74, 6) is 0.765. The smallest absolute Gasteiger partial charge is 0.407 e. The van der Waals surface area contributed by atoms with Crippen molar-refractivity contribution in [2.24, 2.45) is 0 Å². The largest absolute Gasteiger partial charge is 0.445 e. The van der Waals surface area contributed by atoms with Crippen LogP contribution in [0.2, 0.25) is 0 Å². The van der Waals surface area contributed by atoms with Crippen LogP contribution < -0.4 is 5.32 Å². The molecule has 0 aromatic heterocycles. The van der Waals surface area contributed by atoms with Gasteiger partial charge in [-0.2, -0.15) is 0 Å². The Balaban J connectivity index is 1.95. The van der Waals surface area contributed by atoms with Crippen LogP contribution in [0.25, 0.3) is 0 Å². The van der Waals surface area contributed by atoms with Crippen molar-refractivity contribution in [3.8, 4) is 0 Å². The number of aliphatic hydroxyl groups is 2. The number of hydrogen-bond acceptors (Lipinski definition) is 6. The third-order valence-electron chi connectivity index (χ3n) is 3.93. The molecule has 1 amide bonds. The van der Waals surface area contributed by atoms with E-state index in [9.17, 15) is 15.0 Å². The van der Waals surface area contributed by atoms with E-state index in [0.29, 0.717) is 6.42 Å². The number of amides is 1. The third kappa shape index (κ3) is 4.86. The first-order valence-corrected chi connectivity index (χ1v) is 9.22. The van der Waals surface area contributed by atoms with Gasteiger partial charge in [0.15, 0.2) is 0 Å². The van der Waals surface area contributed by atoms with E-state index in [1.807, 2.05) is 44.2 Å². The molecule has 7 heteroatoms. The second kappa shape index (κ2) is 9.27. The van der Waals surface area contributed by atoms with Gasteiger partial charge in [-0.3, -0.25) is 0 Å². The van der Waals surface area contributed by atoms with Crippen LogP contribution in [0.3, 0.4) is 0 Å². The van der Waals surface area contributed by atoms with E-state index >= 15 is 0 Å². The van der Waals surface area contributed by atoms with E-state index in [1.165, 1.54) is 11.8 Å². The zero-order chi connectivity index (χ0) is 17.5. The minimum Gasteiger partial charge on any atom is -0.445 e. The van der Waals surface area contributed by atoms with Gasteiger partial charge in [-0.15, -0.1) is 11.8 Å². The highest BCUT2D eigenvalue weighted by molar-refractivity contribution is 7.99. The number of alkyl carbamates (subject to hydrolysis) is 1. The lowest BCUT2D eigenvalue weighted by atomic mass is 9.96. The Kier molecular flexibility index (Phi) is 7.36. The molecule has 2 rings (SSSR count). The highest BCUT2D eigenvalue weighted by Gasteiger charge is 2.44. The van der Waals surface area contributed by atoms with Crippen LogP contribution in [0.15, 0.2) is 30.3 Å². The molecule has 1 heterocycles. The lowest BCUT2D eigenvalue weighted by Gasteiger charge is -2.42. The Labute approximate surface area is 146 Å². The van der Waals surface area contributed by atoms with Crippen molar-refractivity contribution in [1.82, 2.24) is 5.32 Å².